The second-order valence-electron chi connectivity index (χ2n) is 4.59. The molecule has 0 spiro atoms. The molecule has 6 nitrogen and oxygen atoms in total. The molecule has 7 heteroatoms. The monoisotopic (exact) mass is 380 g/mol. The summed E-state index contributed by atoms with van der Waals surface area (Å²) in [6.45, 7) is 0.210. The van der Waals surface area contributed by atoms with E-state index in [0.717, 1.165) is 0 Å². The normalized spacial score (nSPS) is 11.5. The van der Waals surface area contributed by atoms with Crippen LogP contribution in [0.1, 0.15) is 22.2 Å². The minimum atomic E-state index is -1.51. The van der Waals surface area contributed by atoms with Gasteiger partial charge < -0.3 is 0 Å². The Balaban J connectivity index is 1.95. The number of ether oxygens (including phenoxy) is 1. The van der Waals surface area contributed by atoms with E-state index in [1.165, 1.54) is 12.1 Å². The van der Waals surface area contributed by atoms with Crippen LogP contribution in [0, 0.1) is 0 Å². The fraction of sp³-hybridized carbons (Fsp3) is 0.125. The van der Waals surface area contributed by atoms with Crippen LogP contribution in [-0.4, -0.2) is 48.5 Å². The second kappa shape index (κ2) is 7.89. The summed E-state index contributed by atoms with van der Waals surface area (Å²) < 4.78 is 6.11. The maximum atomic E-state index is 10.8. The van der Waals surface area contributed by atoms with Crippen LogP contribution in [0.25, 0.3) is 0 Å². The first kappa shape index (κ1) is 17.2. The van der Waals surface area contributed by atoms with Crippen LogP contribution in [0.4, 0.5) is 5.69 Å². The van der Waals surface area contributed by atoms with Gasteiger partial charge in [-0.3, -0.25) is 0 Å². The molecule has 0 heterocycles. The quantitative estimate of drug-likeness (QED) is 0.403. The SMILES string of the molecule is O=C(O)c1ccc(N=C([Se])COc2ccc(C(O)O)cc2)cc1. The van der Waals surface area contributed by atoms with Gasteiger partial charge in [0.2, 0.25) is 0 Å². The Labute approximate surface area is 140 Å². The standard InChI is InChI=1S/C16H14NO5Se/c18-15(19)10-1-5-12(6-2-10)17-14(23)9-22-13-7-3-11(4-8-13)16(20)21/h1-8,16,20-21H,9H2,(H,18,19). The average molecular weight is 379 g/mol. The first-order valence-electron chi connectivity index (χ1n) is 6.62. The number of hydrogen-bond acceptors (Lipinski definition) is 5. The molecular weight excluding hydrogens is 365 g/mol. The van der Waals surface area contributed by atoms with E-state index in [0.29, 0.717) is 21.6 Å². The Hall–Kier alpha value is -2.18. The van der Waals surface area contributed by atoms with Crippen molar-refractivity contribution in [3.63, 3.8) is 0 Å². The van der Waals surface area contributed by atoms with Crippen molar-refractivity contribution < 1.29 is 24.9 Å². The molecule has 0 aliphatic heterocycles. The van der Waals surface area contributed by atoms with Crippen LogP contribution < -0.4 is 4.74 Å². The van der Waals surface area contributed by atoms with E-state index in [2.05, 4.69) is 21.0 Å². The first-order valence-corrected chi connectivity index (χ1v) is 7.48. The number of hydrogen-bond donors (Lipinski definition) is 3. The Morgan fingerprint density at radius 3 is 2.22 bits per heavy atom. The summed E-state index contributed by atoms with van der Waals surface area (Å²) in [6, 6.07) is 12.5. The fourth-order valence-corrected chi connectivity index (χ4v) is 2.08. The predicted molar refractivity (Wildman–Crippen MR) is 85.4 cm³/mol. The number of rotatable bonds is 6. The van der Waals surface area contributed by atoms with Gasteiger partial charge in [-0.25, -0.2) is 0 Å². The van der Waals surface area contributed by atoms with Gasteiger partial charge in [-0.1, -0.05) is 0 Å². The number of carboxylic acids is 1. The van der Waals surface area contributed by atoms with Gasteiger partial charge in [0, 0.05) is 0 Å². The topological polar surface area (TPSA) is 99.4 Å². The molecule has 0 fully saturated rings. The molecule has 2 aromatic rings. The van der Waals surface area contributed by atoms with Gasteiger partial charge in [-0.2, -0.15) is 0 Å². The third kappa shape index (κ3) is 5.19. The third-order valence-corrected chi connectivity index (χ3v) is 3.35. The molecule has 0 aliphatic rings. The van der Waals surface area contributed by atoms with Gasteiger partial charge in [-0.15, -0.1) is 0 Å². The van der Waals surface area contributed by atoms with E-state index in [1.807, 2.05) is 0 Å². The van der Waals surface area contributed by atoms with Crippen molar-refractivity contribution in [1.82, 2.24) is 0 Å². The molecule has 0 bridgehead atoms. The number of carbonyl (C=O) groups is 1. The van der Waals surface area contributed by atoms with Crippen molar-refractivity contribution in [3.8, 4) is 5.75 Å². The summed E-state index contributed by atoms with van der Waals surface area (Å²) in [4.78, 5) is 15.0. The summed E-state index contributed by atoms with van der Waals surface area (Å²) in [5.41, 5.74) is 1.20. The van der Waals surface area contributed by atoms with Gasteiger partial charge in [-0.05, 0) is 0 Å². The third-order valence-electron chi connectivity index (χ3n) is 2.91. The van der Waals surface area contributed by atoms with E-state index in [9.17, 15) is 4.79 Å². The number of aromatic carboxylic acids is 1. The Kier molecular flexibility index (Phi) is 5.90. The molecule has 2 rings (SSSR count). The molecule has 1 radical (unpaired) electrons. The van der Waals surface area contributed by atoms with Gasteiger partial charge >= 0.3 is 140 Å². The zero-order valence-corrected chi connectivity index (χ0v) is 13.6. The molecule has 0 saturated heterocycles. The number of nitrogens with zero attached hydrogens (tertiary/aromatic N) is 1. The molecule has 0 unspecified atom stereocenters. The average Bonchev–Trinajstić information content (AvgIpc) is 2.54. The van der Waals surface area contributed by atoms with Crippen LogP contribution in [0.5, 0.6) is 5.75 Å². The molecule has 0 aromatic heterocycles. The van der Waals surface area contributed by atoms with E-state index < -0.39 is 12.3 Å². The molecule has 23 heavy (non-hydrogen) atoms. The molecule has 2 aromatic carbocycles. The number of carboxylic acid groups (broad SMARTS) is 1. The summed E-state index contributed by atoms with van der Waals surface area (Å²) in [7, 11) is 0. The van der Waals surface area contributed by atoms with Crippen LogP contribution in [0.2, 0.25) is 0 Å². The van der Waals surface area contributed by atoms with Crippen LogP contribution in [0.15, 0.2) is 53.5 Å². The summed E-state index contributed by atoms with van der Waals surface area (Å²) in [5.74, 6) is -0.415. The van der Waals surface area contributed by atoms with E-state index in [1.54, 1.807) is 36.4 Å². The second-order valence-corrected chi connectivity index (χ2v) is 5.58. The van der Waals surface area contributed by atoms with Crippen molar-refractivity contribution in [2.75, 3.05) is 6.61 Å². The number of aliphatic hydroxyl groups excluding tert-OH is 1. The molecule has 0 atom stereocenters. The molecule has 119 valence electrons. The molecule has 0 amide bonds. The van der Waals surface area contributed by atoms with Crippen molar-refractivity contribution >= 4 is 32.3 Å². The van der Waals surface area contributed by atoms with Crippen molar-refractivity contribution in [3.05, 3.63) is 59.7 Å². The fourth-order valence-electron chi connectivity index (χ4n) is 1.74. The molecule has 0 aliphatic carbocycles. The van der Waals surface area contributed by atoms with Crippen molar-refractivity contribution in [1.29, 1.82) is 0 Å². The predicted octanol–water partition coefficient (Wildman–Crippen LogP) is 1.65. The van der Waals surface area contributed by atoms with E-state index >= 15 is 0 Å². The van der Waals surface area contributed by atoms with Crippen molar-refractivity contribution in [2.24, 2.45) is 4.99 Å². The molecular formula is C16H14NO5Se. The zero-order valence-electron chi connectivity index (χ0n) is 11.9. The summed E-state index contributed by atoms with van der Waals surface area (Å²) in [5, 5.41) is 26.8. The Bertz CT molecular complexity index is 695. The Morgan fingerprint density at radius 1 is 1.09 bits per heavy atom. The Morgan fingerprint density at radius 2 is 1.70 bits per heavy atom. The first-order chi connectivity index (χ1) is 11.0. The van der Waals surface area contributed by atoms with E-state index in [-0.39, 0.29) is 12.2 Å². The number of aliphatic imine (C=N–C) groups is 1. The maximum absolute atomic E-state index is 10.8. The van der Waals surface area contributed by atoms with Crippen LogP contribution >= 0.6 is 0 Å². The number of aliphatic hydroxyl groups is 2. The minimum absolute atomic E-state index is 0.202. The summed E-state index contributed by atoms with van der Waals surface area (Å²) >= 11 is 2.79. The van der Waals surface area contributed by atoms with Crippen LogP contribution in [0.3, 0.4) is 0 Å². The number of benzene rings is 2. The van der Waals surface area contributed by atoms with Crippen LogP contribution in [-0.2, 0) is 0 Å². The molecule has 3 N–H and O–H groups in total. The van der Waals surface area contributed by atoms with E-state index in [4.69, 9.17) is 20.1 Å². The van der Waals surface area contributed by atoms with Gasteiger partial charge in [0.25, 0.3) is 0 Å². The van der Waals surface area contributed by atoms with Gasteiger partial charge in [0.15, 0.2) is 0 Å². The van der Waals surface area contributed by atoms with Crippen molar-refractivity contribution in [2.45, 2.75) is 6.29 Å². The summed E-state index contributed by atoms with van der Waals surface area (Å²) in [6.07, 6.45) is -1.51. The van der Waals surface area contributed by atoms with Gasteiger partial charge in [0.1, 0.15) is 0 Å². The van der Waals surface area contributed by atoms with Gasteiger partial charge in [0.05, 0.1) is 0 Å². The molecule has 0 saturated carbocycles. The zero-order chi connectivity index (χ0) is 16.8.